The highest BCUT2D eigenvalue weighted by Gasteiger charge is 2.33. The van der Waals surface area contributed by atoms with Gasteiger partial charge in [-0.1, -0.05) is 0 Å². The third-order valence-electron chi connectivity index (χ3n) is 2.70. The summed E-state index contributed by atoms with van der Waals surface area (Å²) in [6, 6.07) is 3.71. The van der Waals surface area contributed by atoms with E-state index >= 15 is 0 Å². The number of nitrogens with one attached hydrogen (secondary N) is 1. The molecule has 0 aliphatic carbocycles. The van der Waals surface area contributed by atoms with Crippen molar-refractivity contribution in [2.45, 2.75) is 25.6 Å². The van der Waals surface area contributed by atoms with Gasteiger partial charge in [0.1, 0.15) is 17.6 Å². The van der Waals surface area contributed by atoms with Gasteiger partial charge >= 0.3 is 6.18 Å². The van der Waals surface area contributed by atoms with Gasteiger partial charge in [-0.15, -0.1) is 0 Å². The first-order chi connectivity index (χ1) is 9.24. The Labute approximate surface area is 116 Å². The standard InChI is InChI=1S/C13H17F3N4/c1-9(6-7-20(2)3)18-12-10(8-17)4-5-11(19-12)13(14,15)16/h4-5,9H,6-7H2,1-3H3,(H,18,19). The highest BCUT2D eigenvalue weighted by atomic mass is 19.4. The zero-order valence-corrected chi connectivity index (χ0v) is 11.6. The molecule has 1 heterocycles. The van der Waals surface area contributed by atoms with Crippen molar-refractivity contribution in [2.75, 3.05) is 26.0 Å². The maximum atomic E-state index is 12.6. The quantitative estimate of drug-likeness (QED) is 0.904. The van der Waals surface area contributed by atoms with Crippen LogP contribution in [0.2, 0.25) is 0 Å². The molecule has 1 atom stereocenters. The van der Waals surface area contributed by atoms with Gasteiger partial charge in [0, 0.05) is 6.04 Å². The second kappa shape index (κ2) is 6.57. The molecule has 1 aromatic heterocycles. The van der Waals surface area contributed by atoms with E-state index in [0.29, 0.717) is 0 Å². The van der Waals surface area contributed by atoms with Gasteiger partial charge in [-0.3, -0.25) is 0 Å². The molecule has 1 unspecified atom stereocenters. The second-order valence-electron chi connectivity index (χ2n) is 4.84. The molecule has 110 valence electrons. The van der Waals surface area contributed by atoms with E-state index in [-0.39, 0.29) is 17.4 Å². The number of nitrogens with zero attached hydrogens (tertiary/aromatic N) is 3. The number of hydrogen-bond acceptors (Lipinski definition) is 4. The van der Waals surface area contributed by atoms with Crippen LogP contribution < -0.4 is 5.32 Å². The zero-order chi connectivity index (χ0) is 15.3. The van der Waals surface area contributed by atoms with E-state index in [0.717, 1.165) is 25.1 Å². The Balaban J connectivity index is 2.89. The molecule has 0 saturated heterocycles. The van der Waals surface area contributed by atoms with Crippen LogP contribution in [0, 0.1) is 11.3 Å². The minimum atomic E-state index is -4.52. The van der Waals surface area contributed by atoms with Crippen LogP contribution in [0.1, 0.15) is 24.6 Å². The molecule has 0 fully saturated rings. The largest absolute Gasteiger partial charge is 0.433 e. The van der Waals surface area contributed by atoms with E-state index in [4.69, 9.17) is 5.26 Å². The zero-order valence-electron chi connectivity index (χ0n) is 11.6. The van der Waals surface area contributed by atoms with Gasteiger partial charge in [-0.25, -0.2) is 4.98 Å². The van der Waals surface area contributed by atoms with Crippen LogP contribution in [-0.4, -0.2) is 36.6 Å². The first-order valence-electron chi connectivity index (χ1n) is 6.13. The number of hydrogen-bond donors (Lipinski definition) is 1. The van der Waals surface area contributed by atoms with Crippen molar-refractivity contribution in [1.29, 1.82) is 5.26 Å². The van der Waals surface area contributed by atoms with Crippen molar-refractivity contribution in [3.63, 3.8) is 0 Å². The summed E-state index contributed by atoms with van der Waals surface area (Å²) in [4.78, 5) is 5.48. The monoisotopic (exact) mass is 286 g/mol. The van der Waals surface area contributed by atoms with Crippen LogP contribution in [0.5, 0.6) is 0 Å². The second-order valence-corrected chi connectivity index (χ2v) is 4.84. The Morgan fingerprint density at radius 1 is 1.40 bits per heavy atom. The molecular weight excluding hydrogens is 269 g/mol. The lowest BCUT2D eigenvalue weighted by Crippen LogP contribution is -2.24. The molecule has 1 rings (SSSR count). The molecule has 0 amide bonds. The van der Waals surface area contributed by atoms with Crippen molar-refractivity contribution in [2.24, 2.45) is 0 Å². The summed E-state index contributed by atoms with van der Waals surface area (Å²) >= 11 is 0. The molecule has 0 aliphatic rings. The molecule has 1 aromatic rings. The van der Waals surface area contributed by atoms with Crippen LogP contribution in [0.3, 0.4) is 0 Å². The van der Waals surface area contributed by atoms with Crippen LogP contribution in [0.25, 0.3) is 0 Å². The Morgan fingerprint density at radius 3 is 2.55 bits per heavy atom. The van der Waals surface area contributed by atoms with Crippen molar-refractivity contribution in [1.82, 2.24) is 9.88 Å². The fourth-order valence-corrected chi connectivity index (χ4v) is 1.57. The summed E-state index contributed by atoms with van der Waals surface area (Å²) in [5.41, 5.74) is -0.895. The highest BCUT2D eigenvalue weighted by Crippen LogP contribution is 2.29. The number of alkyl halides is 3. The predicted octanol–water partition coefficient (Wildman–Crippen LogP) is 2.72. The minimum Gasteiger partial charge on any atom is -0.366 e. The molecular formula is C13H17F3N4. The van der Waals surface area contributed by atoms with Gasteiger partial charge in [-0.2, -0.15) is 18.4 Å². The number of anilines is 1. The van der Waals surface area contributed by atoms with Crippen molar-refractivity contribution < 1.29 is 13.2 Å². The molecule has 20 heavy (non-hydrogen) atoms. The summed E-state index contributed by atoms with van der Waals surface area (Å²) < 4.78 is 37.8. The van der Waals surface area contributed by atoms with Crippen molar-refractivity contribution in [3.8, 4) is 6.07 Å². The fraction of sp³-hybridized carbons (Fsp3) is 0.538. The lowest BCUT2D eigenvalue weighted by atomic mass is 10.2. The van der Waals surface area contributed by atoms with E-state index in [1.807, 2.05) is 32.0 Å². The molecule has 1 N–H and O–H groups in total. The van der Waals surface area contributed by atoms with Crippen molar-refractivity contribution in [3.05, 3.63) is 23.4 Å². The summed E-state index contributed by atoms with van der Waals surface area (Å²) in [6.07, 6.45) is -3.78. The maximum Gasteiger partial charge on any atom is 0.433 e. The third-order valence-corrected chi connectivity index (χ3v) is 2.70. The van der Waals surface area contributed by atoms with Gasteiger partial charge in [0.05, 0.1) is 5.56 Å². The third kappa shape index (κ3) is 4.70. The van der Waals surface area contributed by atoms with Crippen LogP contribution in [-0.2, 0) is 6.18 Å². The summed E-state index contributed by atoms with van der Waals surface area (Å²) in [5, 5.41) is 11.8. The van der Waals surface area contributed by atoms with Gasteiger partial charge < -0.3 is 10.2 Å². The van der Waals surface area contributed by atoms with E-state index in [1.54, 1.807) is 0 Å². The molecule has 0 saturated carbocycles. The van der Waals surface area contributed by atoms with Gasteiger partial charge in [0.25, 0.3) is 0 Å². The average molecular weight is 286 g/mol. The highest BCUT2D eigenvalue weighted by molar-refractivity contribution is 5.53. The fourth-order valence-electron chi connectivity index (χ4n) is 1.57. The topological polar surface area (TPSA) is 52.0 Å². The Morgan fingerprint density at radius 2 is 2.05 bits per heavy atom. The van der Waals surface area contributed by atoms with E-state index in [1.165, 1.54) is 0 Å². The molecule has 7 heteroatoms. The Kier molecular flexibility index (Phi) is 5.34. The molecule has 0 aromatic carbocycles. The number of nitriles is 1. The van der Waals surface area contributed by atoms with Gasteiger partial charge in [0.15, 0.2) is 0 Å². The van der Waals surface area contributed by atoms with Crippen molar-refractivity contribution >= 4 is 5.82 Å². The molecule has 0 aliphatic heterocycles. The SMILES string of the molecule is CC(CCN(C)C)Nc1nc(C(F)(F)F)ccc1C#N. The maximum absolute atomic E-state index is 12.6. The normalized spacial score (nSPS) is 13.1. The smallest absolute Gasteiger partial charge is 0.366 e. The number of halogens is 3. The first-order valence-corrected chi connectivity index (χ1v) is 6.13. The molecule has 0 radical (unpaired) electrons. The molecule has 0 bridgehead atoms. The lowest BCUT2D eigenvalue weighted by molar-refractivity contribution is -0.141. The van der Waals surface area contributed by atoms with E-state index in [9.17, 15) is 13.2 Å². The number of pyridine rings is 1. The summed E-state index contributed by atoms with van der Waals surface area (Å²) in [5.74, 6) is -0.0198. The summed E-state index contributed by atoms with van der Waals surface area (Å²) in [7, 11) is 3.83. The first kappa shape index (κ1) is 16.2. The van der Waals surface area contributed by atoms with Crippen LogP contribution >= 0.6 is 0 Å². The number of rotatable bonds is 5. The number of aromatic nitrogens is 1. The van der Waals surface area contributed by atoms with Crippen LogP contribution in [0.15, 0.2) is 12.1 Å². The minimum absolute atomic E-state index is 0.0198. The molecule has 4 nitrogen and oxygen atoms in total. The van der Waals surface area contributed by atoms with E-state index in [2.05, 4.69) is 10.3 Å². The van der Waals surface area contributed by atoms with E-state index < -0.39 is 11.9 Å². The van der Waals surface area contributed by atoms with Gasteiger partial charge in [0.2, 0.25) is 0 Å². The Hall–Kier alpha value is -1.81. The van der Waals surface area contributed by atoms with Gasteiger partial charge in [-0.05, 0) is 46.1 Å². The Bertz CT molecular complexity index is 491. The van der Waals surface area contributed by atoms with Crippen LogP contribution in [0.4, 0.5) is 19.0 Å². The molecule has 0 spiro atoms. The average Bonchev–Trinajstić information content (AvgIpc) is 2.35. The lowest BCUT2D eigenvalue weighted by Gasteiger charge is -2.18. The summed E-state index contributed by atoms with van der Waals surface area (Å²) in [6.45, 7) is 2.63. The predicted molar refractivity (Wildman–Crippen MR) is 70.2 cm³/mol.